The van der Waals surface area contributed by atoms with Crippen LogP contribution in [0, 0.1) is 5.92 Å². The summed E-state index contributed by atoms with van der Waals surface area (Å²) in [6, 6.07) is 6.17. The van der Waals surface area contributed by atoms with Crippen LogP contribution in [0.4, 0.5) is 5.82 Å². The van der Waals surface area contributed by atoms with Crippen LogP contribution in [0.15, 0.2) is 41.3 Å². The molecule has 0 aliphatic rings. The normalized spacial score (nSPS) is 13.7. The Morgan fingerprint density at radius 3 is 2.81 bits per heavy atom. The van der Waals surface area contributed by atoms with E-state index in [2.05, 4.69) is 64.2 Å². The number of anilines is 1. The molecule has 5 nitrogen and oxygen atoms in total. The number of hydrogen-bond donors (Lipinski definition) is 1. The minimum atomic E-state index is 0.445. The van der Waals surface area contributed by atoms with E-state index in [4.69, 9.17) is 4.98 Å². The molecule has 26 heavy (non-hydrogen) atoms. The third kappa shape index (κ3) is 4.06. The summed E-state index contributed by atoms with van der Waals surface area (Å²) in [6.07, 6.45) is 8.96. The van der Waals surface area contributed by atoms with Crippen LogP contribution in [0.3, 0.4) is 0 Å². The van der Waals surface area contributed by atoms with Crippen molar-refractivity contribution in [2.75, 3.05) is 5.32 Å². The first-order valence-electron chi connectivity index (χ1n) is 9.31. The Hall–Kier alpha value is -1.95. The lowest BCUT2D eigenvalue weighted by Gasteiger charge is -2.23. The summed E-state index contributed by atoms with van der Waals surface area (Å²) in [5.41, 5.74) is 3.13. The molecule has 0 spiro atoms. The molecule has 3 heterocycles. The van der Waals surface area contributed by atoms with Crippen LogP contribution >= 0.6 is 15.9 Å². The van der Waals surface area contributed by atoms with Gasteiger partial charge < -0.3 is 5.32 Å². The number of halogens is 1. The first-order chi connectivity index (χ1) is 12.6. The fourth-order valence-corrected chi connectivity index (χ4v) is 3.87. The zero-order valence-electron chi connectivity index (χ0n) is 15.6. The summed E-state index contributed by atoms with van der Waals surface area (Å²) in [5.74, 6) is 2.01. The maximum atomic E-state index is 4.93. The Kier molecular flexibility index (Phi) is 6.25. The molecule has 0 aliphatic heterocycles. The van der Waals surface area contributed by atoms with E-state index in [0.717, 1.165) is 33.6 Å². The minimum absolute atomic E-state index is 0.445. The Morgan fingerprint density at radius 1 is 1.27 bits per heavy atom. The lowest BCUT2D eigenvalue weighted by Crippen LogP contribution is -2.14. The van der Waals surface area contributed by atoms with Crippen molar-refractivity contribution in [3.05, 3.63) is 52.5 Å². The summed E-state index contributed by atoms with van der Waals surface area (Å²) in [6.45, 7) is 7.52. The molecule has 138 valence electrons. The van der Waals surface area contributed by atoms with Gasteiger partial charge in [-0.1, -0.05) is 39.7 Å². The molecule has 2 atom stereocenters. The van der Waals surface area contributed by atoms with Gasteiger partial charge >= 0.3 is 0 Å². The quantitative estimate of drug-likeness (QED) is 0.532. The standard InChI is InChI=1S/C20H26BrN5/c1-4-7-14(3)16(5-2)18-10-19(23-12-15-8-6-9-22-11-15)26-20(25-18)17(21)13-24-26/h6,8-11,13-14,16,23H,4-5,7,12H2,1-3H3. The van der Waals surface area contributed by atoms with Crippen LogP contribution in [0.2, 0.25) is 0 Å². The van der Waals surface area contributed by atoms with E-state index in [1.807, 2.05) is 16.8 Å². The highest BCUT2D eigenvalue weighted by atomic mass is 79.9. The predicted molar refractivity (Wildman–Crippen MR) is 109 cm³/mol. The fourth-order valence-electron chi connectivity index (χ4n) is 3.53. The lowest BCUT2D eigenvalue weighted by molar-refractivity contribution is 0.408. The van der Waals surface area contributed by atoms with Crippen LogP contribution in [-0.4, -0.2) is 19.6 Å². The number of hydrogen-bond acceptors (Lipinski definition) is 4. The van der Waals surface area contributed by atoms with Crippen molar-refractivity contribution in [2.45, 2.75) is 52.5 Å². The van der Waals surface area contributed by atoms with Gasteiger partial charge in [-0.3, -0.25) is 4.98 Å². The molecule has 0 amide bonds. The molecule has 3 aromatic heterocycles. The van der Waals surface area contributed by atoms with Gasteiger partial charge in [0.1, 0.15) is 5.82 Å². The fraction of sp³-hybridized carbons (Fsp3) is 0.450. The monoisotopic (exact) mass is 415 g/mol. The largest absolute Gasteiger partial charge is 0.366 e. The molecule has 0 aromatic carbocycles. The molecule has 3 aromatic rings. The summed E-state index contributed by atoms with van der Waals surface area (Å²) in [5, 5.41) is 7.97. The third-order valence-corrected chi connectivity index (χ3v) is 5.46. The van der Waals surface area contributed by atoms with Crippen LogP contribution in [0.5, 0.6) is 0 Å². The van der Waals surface area contributed by atoms with Crippen LogP contribution in [0.1, 0.15) is 57.2 Å². The average Bonchev–Trinajstić information content (AvgIpc) is 3.03. The van der Waals surface area contributed by atoms with Crippen molar-refractivity contribution in [2.24, 2.45) is 5.92 Å². The summed E-state index contributed by atoms with van der Waals surface area (Å²) in [4.78, 5) is 9.11. The maximum absolute atomic E-state index is 4.93. The second-order valence-corrected chi connectivity index (χ2v) is 7.64. The molecular formula is C20H26BrN5. The second kappa shape index (κ2) is 8.62. The maximum Gasteiger partial charge on any atom is 0.171 e. The van der Waals surface area contributed by atoms with Crippen LogP contribution in [-0.2, 0) is 6.54 Å². The van der Waals surface area contributed by atoms with Gasteiger partial charge in [0.2, 0.25) is 0 Å². The Morgan fingerprint density at radius 2 is 2.12 bits per heavy atom. The first-order valence-corrected chi connectivity index (χ1v) is 10.1. The van der Waals surface area contributed by atoms with Gasteiger partial charge in [0.15, 0.2) is 5.65 Å². The molecule has 0 bridgehead atoms. The lowest BCUT2D eigenvalue weighted by atomic mass is 9.85. The third-order valence-electron chi connectivity index (χ3n) is 4.90. The molecule has 0 saturated carbocycles. The Bertz CT molecular complexity index is 846. The van der Waals surface area contributed by atoms with Crippen molar-refractivity contribution in [3.8, 4) is 0 Å². The zero-order chi connectivity index (χ0) is 18.5. The smallest absolute Gasteiger partial charge is 0.171 e. The van der Waals surface area contributed by atoms with E-state index >= 15 is 0 Å². The van der Waals surface area contributed by atoms with E-state index in [-0.39, 0.29) is 0 Å². The molecule has 0 radical (unpaired) electrons. The second-order valence-electron chi connectivity index (χ2n) is 6.79. The van der Waals surface area contributed by atoms with Crippen molar-refractivity contribution >= 4 is 27.4 Å². The van der Waals surface area contributed by atoms with Crippen LogP contribution in [0.25, 0.3) is 5.65 Å². The average molecular weight is 416 g/mol. The zero-order valence-corrected chi connectivity index (χ0v) is 17.2. The van der Waals surface area contributed by atoms with E-state index in [0.29, 0.717) is 18.4 Å². The van der Waals surface area contributed by atoms with E-state index < -0.39 is 0 Å². The number of pyridine rings is 1. The number of nitrogens with one attached hydrogen (secondary N) is 1. The minimum Gasteiger partial charge on any atom is -0.366 e. The SMILES string of the molecule is CCCC(C)C(CC)c1cc(NCc2cccnc2)n2ncc(Br)c2n1. The van der Waals surface area contributed by atoms with Gasteiger partial charge in [0.05, 0.1) is 10.7 Å². The van der Waals surface area contributed by atoms with Gasteiger partial charge in [-0.05, 0) is 39.9 Å². The van der Waals surface area contributed by atoms with Gasteiger partial charge in [-0.25, -0.2) is 4.98 Å². The molecule has 0 saturated heterocycles. The summed E-state index contributed by atoms with van der Waals surface area (Å²) < 4.78 is 2.78. The molecule has 1 N–H and O–H groups in total. The highest BCUT2D eigenvalue weighted by molar-refractivity contribution is 9.10. The van der Waals surface area contributed by atoms with Gasteiger partial charge in [0, 0.05) is 36.6 Å². The van der Waals surface area contributed by atoms with Crippen molar-refractivity contribution < 1.29 is 0 Å². The molecule has 6 heteroatoms. The number of rotatable bonds is 8. The number of fused-ring (bicyclic) bond motifs is 1. The van der Waals surface area contributed by atoms with E-state index in [1.165, 1.54) is 12.8 Å². The molecule has 2 unspecified atom stereocenters. The van der Waals surface area contributed by atoms with Gasteiger partial charge in [0.25, 0.3) is 0 Å². The van der Waals surface area contributed by atoms with E-state index in [9.17, 15) is 0 Å². The van der Waals surface area contributed by atoms with Crippen molar-refractivity contribution in [3.63, 3.8) is 0 Å². The van der Waals surface area contributed by atoms with E-state index in [1.54, 1.807) is 12.4 Å². The molecular weight excluding hydrogens is 390 g/mol. The Balaban J connectivity index is 1.96. The first kappa shape index (κ1) is 18.8. The molecule has 3 rings (SSSR count). The molecule has 0 aliphatic carbocycles. The predicted octanol–water partition coefficient (Wildman–Crippen LogP) is 5.43. The van der Waals surface area contributed by atoms with Crippen molar-refractivity contribution in [1.29, 1.82) is 0 Å². The highest BCUT2D eigenvalue weighted by Gasteiger charge is 2.21. The summed E-state index contributed by atoms with van der Waals surface area (Å²) >= 11 is 3.59. The number of nitrogens with zero attached hydrogens (tertiary/aromatic N) is 4. The van der Waals surface area contributed by atoms with Crippen LogP contribution < -0.4 is 5.32 Å². The van der Waals surface area contributed by atoms with Crippen molar-refractivity contribution in [1.82, 2.24) is 19.6 Å². The molecule has 0 fully saturated rings. The van der Waals surface area contributed by atoms with Gasteiger partial charge in [-0.15, -0.1) is 0 Å². The Labute approximate surface area is 163 Å². The topological polar surface area (TPSA) is 55.1 Å². The summed E-state index contributed by atoms with van der Waals surface area (Å²) in [7, 11) is 0. The number of aromatic nitrogens is 4. The van der Waals surface area contributed by atoms with Gasteiger partial charge in [-0.2, -0.15) is 9.61 Å². The highest BCUT2D eigenvalue weighted by Crippen LogP contribution is 2.32.